The van der Waals surface area contributed by atoms with Gasteiger partial charge < -0.3 is 14.5 Å². The van der Waals surface area contributed by atoms with Gasteiger partial charge >= 0.3 is 5.63 Å². The average molecular weight is 323 g/mol. The van der Waals surface area contributed by atoms with Crippen molar-refractivity contribution < 1.29 is 13.9 Å². The van der Waals surface area contributed by atoms with Gasteiger partial charge in [-0.15, -0.1) is 0 Å². The van der Waals surface area contributed by atoms with E-state index in [4.69, 9.17) is 9.15 Å². The zero-order valence-electron chi connectivity index (χ0n) is 13.5. The van der Waals surface area contributed by atoms with E-state index in [1.165, 1.54) is 6.07 Å². The minimum atomic E-state index is -0.383. The number of hydrogen-bond donors (Lipinski definition) is 1. The fraction of sp³-hybridized carbons (Fsp3) is 0.158. The Hall–Kier alpha value is -3.08. The molecule has 0 saturated carbocycles. The monoisotopic (exact) mass is 323 g/mol. The molecule has 0 aliphatic heterocycles. The Balaban J connectivity index is 1.70. The Morgan fingerprint density at radius 3 is 2.67 bits per heavy atom. The van der Waals surface area contributed by atoms with E-state index in [0.717, 1.165) is 22.2 Å². The highest BCUT2D eigenvalue weighted by Gasteiger charge is 2.08. The predicted octanol–water partition coefficient (Wildman–Crippen LogP) is 3.43. The molecular formula is C19H17NO4. The quantitative estimate of drug-likeness (QED) is 0.747. The number of amides is 1. The van der Waals surface area contributed by atoms with Crippen LogP contribution in [0.4, 0.5) is 5.69 Å². The van der Waals surface area contributed by atoms with E-state index in [2.05, 4.69) is 5.32 Å². The normalized spacial score (nSPS) is 10.6. The van der Waals surface area contributed by atoms with Crippen LogP contribution < -0.4 is 15.7 Å². The van der Waals surface area contributed by atoms with Gasteiger partial charge in [0.2, 0.25) is 0 Å². The van der Waals surface area contributed by atoms with Gasteiger partial charge in [0.1, 0.15) is 11.3 Å². The Morgan fingerprint density at radius 1 is 1.08 bits per heavy atom. The molecule has 0 unspecified atom stereocenters. The summed E-state index contributed by atoms with van der Waals surface area (Å²) >= 11 is 0. The zero-order valence-corrected chi connectivity index (χ0v) is 13.5. The predicted molar refractivity (Wildman–Crippen MR) is 92.5 cm³/mol. The number of benzene rings is 2. The molecule has 24 heavy (non-hydrogen) atoms. The lowest BCUT2D eigenvalue weighted by Gasteiger charge is -2.10. The van der Waals surface area contributed by atoms with Crippen molar-refractivity contribution in [2.45, 2.75) is 13.8 Å². The average Bonchev–Trinajstić information content (AvgIpc) is 2.55. The molecule has 1 heterocycles. The molecule has 0 fully saturated rings. The third-order valence-electron chi connectivity index (χ3n) is 3.71. The largest absolute Gasteiger partial charge is 0.484 e. The number of carbonyl (C=O) groups excluding carboxylic acids is 1. The van der Waals surface area contributed by atoms with Crippen molar-refractivity contribution in [3.8, 4) is 5.75 Å². The van der Waals surface area contributed by atoms with E-state index in [1.807, 2.05) is 38.1 Å². The molecule has 0 atom stereocenters. The van der Waals surface area contributed by atoms with Crippen LogP contribution >= 0.6 is 0 Å². The lowest BCUT2D eigenvalue weighted by molar-refractivity contribution is -0.118. The SMILES string of the molecule is Cc1ccccc1NC(=O)COc1ccc2oc(=O)cc(C)c2c1. The highest BCUT2D eigenvalue weighted by atomic mass is 16.5. The molecule has 1 aromatic heterocycles. The minimum absolute atomic E-state index is 0.102. The minimum Gasteiger partial charge on any atom is -0.484 e. The van der Waals surface area contributed by atoms with E-state index in [9.17, 15) is 9.59 Å². The summed E-state index contributed by atoms with van der Waals surface area (Å²) in [6, 6.07) is 14.1. The van der Waals surface area contributed by atoms with Crippen LogP contribution in [0.15, 0.2) is 57.7 Å². The van der Waals surface area contributed by atoms with E-state index >= 15 is 0 Å². The number of ether oxygens (including phenoxy) is 1. The summed E-state index contributed by atoms with van der Waals surface area (Å²) in [5.41, 5.74) is 2.67. The fourth-order valence-electron chi connectivity index (χ4n) is 2.44. The molecule has 0 bridgehead atoms. The molecular weight excluding hydrogens is 306 g/mol. The summed E-state index contributed by atoms with van der Waals surface area (Å²) in [6.45, 7) is 3.65. The van der Waals surface area contributed by atoms with Crippen LogP contribution in [-0.2, 0) is 4.79 Å². The maximum absolute atomic E-state index is 12.0. The molecule has 0 aliphatic carbocycles. The molecule has 3 aromatic rings. The molecule has 2 aromatic carbocycles. The maximum atomic E-state index is 12.0. The molecule has 1 amide bonds. The first-order chi connectivity index (χ1) is 11.5. The third-order valence-corrected chi connectivity index (χ3v) is 3.71. The molecule has 0 aliphatic rings. The van der Waals surface area contributed by atoms with E-state index in [0.29, 0.717) is 11.3 Å². The first-order valence-corrected chi connectivity index (χ1v) is 7.56. The second kappa shape index (κ2) is 6.58. The molecule has 0 spiro atoms. The van der Waals surface area contributed by atoms with Gasteiger partial charge in [-0.1, -0.05) is 18.2 Å². The summed E-state index contributed by atoms with van der Waals surface area (Å²) in [6.07, 6.45) is 0. The summed E-state index contributed by atoms with van der Waals surface area (Å²) in [5, 5.41) is 3.60. The number of rotatable bonds is 4. The van der Waals surface area contributed by atoms with Gasteiger partial charge in [-0.05, 0) is 49.2 Å². The van der Waals surface area contributed by atoms with Gasteiger partial charge in [0.15, 0.2) is 6.61 Å². The molecule has 5 heteroatoms. The lowest BCUT2D eigenvalue weighted by atomic mass is 10.1. The highest BCUT2D eigenvalue weighted by molar-refractivity contribution is 5.92. The number of fused-ring (bicyclic) bond motifs is 1. The summed E-state index contributed by atoms with van der Waals surface area (Å²) in [4.78, 5) is 23.4. The van der Waals surface area contributed by atoms with Crippen LogP contribution in [0, 0.1) is 13.8 Å². The third kappa shape index (κ3) is 3.46. The number of hydrogen-bond acceptors (Lipinski definition) is 4. The van der Waals surface area contributed by atoms with Crippen molar-refractivity contribution >= 4 is 22.6 Å². The van der Waals surface area contributed by atoms with Gasteiger partial charge in [-0.3, -0.25) is 4.79 Å². The number of aryl methyl sites for hydroxylation is 2. The first-order valence-electron chi connectivity index (χ1n) is 7.56. The summed E-state index contributed by atoms with van der Waals surface area (Å²) < 4.78 is 10.7. The van der Waals surface area contributed by atoms with Crippen molar-refractivity contribution in [1.82, 2.24) is 0 Å². The van der Waals surface area contributed by atoms with Crippen LogP contribution in [0.25, 0.3) is 11.0 Å². The van der Waals surface area contributed by atoms with Crippen molar-refractivity contribution in [3.05, 3.63) is 70.1 Å². The Labute approximate surface area is 138 Å². The van der Waals surface area contributed by atoms with Gasteiger partial charge in [-0.25, -0.2) is 4.79 Å². The zero-order chi connectivity index (χ0) is 17.1. The van der Waals surface area contributed by atoms with E-state index in [1.54, 1.807) is 18.2 Å². The molecule has 0 saturated heterocycles. The van der Waals surface area contributed by atoms with Gasteiger partial charge in [0.25, 0.3) is 5.91 Å². The molecule has 5 nitrogen and oxygen atoms in total. The molecule has 122 valence electrons. The van der Waals surface area contributed by atoms with Crippen LogP contribution in [-0.4, -0.2) is 12.5 Å². The van der Waals surface area contributed by atoms with Gasteiger partial charge in [-0.2, -0.15) is 0 Å². The lowest BCUT2D eigenvalue weighted by Crippen LogP contribution is -2.20. The highest BCUT2D eigenvalue weighted by Crippen LogP contribution is 2.22. The first kappa shape index (κ1) is 15.8. The van der Waals surface area contributed by atoms with Crippen molar-refractivity contribution in [2.24, 2.45) is 0 Å². The topological polar surface area (TPSA) is 68.5 Å². The number of anilines is 1. The summed E-state index contributed by atoms with van der Waals surface area (Å²) in [7, 11) is 0. The van der Waals surface area contributed by atoms with Crippen molar-refractivity contribution in [3.63, 3.8) is 0 Å². The maximum Gasteiger partial charge on any atom is 0.336 e. The Morgan fingerprint density at radius 2 is 1.88 bits per heavy atom. The van der Waals surface area contributed by atoms with Crippen molar-refractivity contribution in [2.75, 3.05) is 11.9 Å². The van der Waals surface area contributed by atoms with Gasteiger partial charge in [0, 0.05) is 17.1 Å². The number of para-hydroxylation sites is 1. The van der Waals surface area contributed by atoms with Crippen LogP contribution in [0.5, 0.6) is 5.75 Å². The van der Waals surface area contributed by atoms with Crippen LogP contribution in [0.1, 0.15) is 11.1 Å². The number of carbonyl (C=O) groups is 1. The smallest absolute Gasteiger partial charge is 0.336 e. The van der Waals surface area contributed by atoms with E-state index < -0.39 is 0 Å². The van der Waals surface area contributed by atoms with Crippen molar-refractivity contribution in [1.29, 1.82) is 0 Å². The fourth-order valence-corrected chi connectivity index (χ4v) is 2.44. The second-order valence-corrected chi connectivity index (χ2v) is 5.56. The van der Waals surface area contributed by atoms with Crippen LogP contribution in [0.3, 0.4) is 0 Å². The Bertz CT molecular complexity index is 959. The standard InChI is InChI=1S/C19H17NO4/c1-12-5-3-4-6-16(12)20-18(21)11-23-14-7-8-17-15(10-14)13(2)9-19(22)24-17/h3-10H,11H2,1-2H3,(H,20,21). The Kier molecular flexibility index (Phi) is 4.33. The molecule has 1 N–H and O–H groups in total. The van der Waals surface area contributed by atoms with E-state index in [-0.39, 0.29) is 18.1 Å². The molecule has 3 rings (SSSR count). The number of nitrogens with one attached hydrogen (secondary N) is 1. The van der Waals surface area contributed by atoms with Gasteiger partial charge in [0.05, 0.1) is 0 Å². The van der Waals surface area contributed by atoms with Crippen LogP contribution in [0.2, 0.25) is 0 Å². The second-order valence-electron chi connectivity index (χ2n) is 5.56. The molecule has 0 radical (unpaired) electrons. The summed E-state index contributed by atoms with van der Waals surface area (Å²) in [5.74, 6) is 0.306.